The van der Waals surface area contributed by atoms with Crippen LogP contribution in [0.25, 0.3) is 0 Å². The van der Waals surface area contributed by atoms with E-state index in [1.807, 2.05) is 0 Å². The molecule has 45 nitrogen and oxygen atoms in total. The third-order valence-corrected chi connectivity index (χ3v) is 0. The van der Waals surface area contributed by atoms with Gasteiger partial charge >= 0.3 is 292 Å². The first-order valence-electron chi connectivity index (χ1n) is 0. The maximum absolute atomic E-state index is 0. The molecule has 0 radical (unpaired) electrons. The first kappa shape index (κ1) is 5250. The summed E-state index contributed by atoms with van der Waals surface area (Å²) < 4.78 is 0. The van der Waals surface area contributed by atoms with Gasteiger partial charge in [-0.25, -0.2) is 0 Å². The molecule has 0 saturated carbocycles. The Kier molecular flexibility index (Phi) is 439000. The van der Waals surface area contributed by atoms with Gasteiger partial charge in [-0.05, 0) is 0 Å². The summed E-state index contributed by atoms with van der Waals surface area (Å²) in [5.74, 6) is 0. The van der Waals surface area contributed by atoms with Crippen LogP contribution in [0.3, 0.4) is 0 Å². The molecule has 0 bridgehead atoms. The van der Waals surface area contributed by atoms with E-state index < -0.39 is 0 Å². The number of rotatable bonds is 0. The average Bonchev–Trinajstić information content (AvgIpc) is 0. The van der Waals surface area contributed by atoms with Crippen LogP contribution < -0.4 is 0 Å². The van der Waals surface area contributed by atoms with Crippen molar-refractivity contribution in [2.45, 2.75) is 0 Å². The van der Waals surface area contributed by atoms with Crippen molar-refractivity contribution < 1.29 is 539 Å². The summed E-state index contributed by atoms with van der Waals surface area (Å²) in [6.07, 6.45) is 0. The van der Waals surface area contributed by atoms with Gasteiger partial charge in [-0.2, -0.15) is 0 Å². The molecule has 0 unspecified atom stereocenters. The molecule has 60 heavy (non-hydrogen) atoms. The Hall–Kier alpha value is 7.55. The molecule has 0 aliphatic carbocycles. The van der Waals surface area contributed by atoms with Crippen molar-refractivity contribution in [3.8, 4) is 0 Å². The molecule has 0 N–H and O–H groups in total. The second kappa shape index (κ2) is 5020. The third-order valence-electron chi connectivity index (χ3n) is 0. The van der Waals surface area contributed by atoms with Crippen molar-refractivity contribution in [3.05, 3.63) is 0 Å². The van der Waals surface area contributed by atoms with E-state index >= 15 is 0 Å². The van der Waals surface area contributed by atoms with Crippen LogP contribution in [0.4, 0.5) is 0 Å². The Morgan fingerprint density at radius 2 is 0.0333 bits per heavy atom. The molecule has 0 atom stereocenters. The molecule has 0 aromatic heterocycles. The zero-order valence-corrected chi connectivity index (χ0v) is 73.5. The minimum Gasteiger partial charge on any atom is -2.00 e. The smallest absolute Gasteiger partial charge is 2.00 e. The first-order valence-corrected chi connectivity index (χ1v) is 0. The molecule has 0 aromatic rings. The zero-order valence-electron chi connectivity index (χ0n) is 29.0. The van der Waals surface area contributed by atoms with Gasteiger partial charge in [0, 0.05) is 0 Å². The summed E-state index contributed by atoms with van der Waals surface area (Å²) in [7, 11) is 0. The average molecular weight is 1700 g/mol. The van der Waals surface area contributed by atoms with Crippen molar-refractivity contribution in [2.24, 2.45) is 0 Å². The summed E-state index contributed by atoms with van der Waals surface area (Å²) >= 11 is 0. The van der Waals surface area contributed by atoms with E-state index in [9.17, 15) is 0 Å². The van der Waals surface area contributed by atoms with E-state index in [4.69, 9.17) is 0 Å². The molecule has 0 aromatic carbocycles. The van der Waals surface area contributed by atoms with Gasteiger partial charge < -0.3 is 246 Å². The van der Waals surface area contributed by atoms with Crippen LogP contribution in [-0.4, -0.2) is 0 Å². The molecule has 0 aliphatic heterocycles. The molecular weight excluding hydrogens is 1700 g/mol. The Labute approximate surface area is 531 Å². The van der Waals surface area contributed by atoms with Crippen molar-refractivity contribution >= 4 is 0 Å². The summed E-state index contributed by atoms with van der Waals surface area (Å²) in [4.78, 5) is 0. The second-order valence-corrected chi connectivity index (χ2v) is 0. The number of hydrogen-bond donors (Lipinski definition) is 0. The Balaban J connectivity index is 0. The van der Waals surface area contributed by atoms with Gasteiger partial charge in [-0.1, -0.05) is 0 Å². The van der Waals surface area contributed by atoms with Gasteiger partial charge in [0.05, 0.1) is 0 Å². The van der Waals surface area contributed by atoms with E-state index in [-0.39, 0.29) is 539 Å². The fourth-order valence-corrected chi connectivity index (χ4v) is 0. The molecule has 0 rings (SSSR count). The minimum absolute atomic E-state index is 0. The SMILES string of the molecule is [O-2].[O-2].[O-2].[O-2].[O-2].[O-2].[O-2].[O-2].[O-2].[O-2].[O-2].[O-2].[O-2].[O-2].[O-2].[O-2].[O-2].[O-2].[O-2].[O-2].[O-2].[O-2].[O-2].[O-2].[O-2].[O-2].[O-2].[O-2].[O-2].[O-2].[O-2].[O-2].[O-2].[O-2].[O-2].[O-2].[O-2].[O-2].[O-2].[O-2].[O-2].[O-2].[O-2].[O-2].[O-2].[Zn+2].[Zn+2].[Zn+2].[Zn+2].[Zn+2].[Zn+2].[Zn+2].[Zn+2].[Zn+2].[Zn+2].[Zn+2].[Zn+2].[Zn+2].[Zn+2].[Zn+2]. The molecule has 360 valence electrons. The van der Waals surface area contributed by atoms with Crippen LogP contribution >= 0.6 is 0 Å². The monoisotopic (exact) mass is 1680 g/mol. The van der Waals surface area contributed by atoms with Gasteiger partial charge in [0.2, 0.25) is 0 Å². The maximum Gasteiger partial charge on any atom is 2.00 e. The first-order chi connectivity index (χ1) is 0. The maximum atomic E-state index is 0. The van der Waals surface area contributed by atoms with E-state index in [0.29, 0.717) is 0 Å². The quantitative estimate of drug-likeness (QED) is 0.205. The predicted octanol–water partition coefficient (Wildman–Crippen LogP) is -5.38. The fraction of sp³-hybridized carbons (Fsp3) is 0. The van der Waals surface area contributed by atoms with E-state index in [1.165, 1.54) is 0 Å². The normalized spacial score (nSPS) is 0. The fourth-order valence-electron chi connectivity index (χ4n) is 0. The summed E-state index contributed by atoms with van der Waals surface area (Å²) in [5.41, 5.74) is 0. The molecule has 0 amide bonds. The predicted molar refractivity (Wildman–Crippen MR) is 30.9 cm³/mol. The van der Waals surface area contributed by atoms with Crippen LogP contribution in [0.5, 0.6) is 0 Å². The van der Waals surface area contributed by atoms with Crippen LogP contribution in [-0.2, 0) is 539 Å². The van der Waals surface area contributed by atoms with Gasteiger partial charge in [-0.3, -0.25) is 0 Å². The minimum atomic E-state index is 0. The van der Waals surface area contributed by atoms with Crippen molar-refractivity contribution in [2.75, 3.05) is 0 Å². The van der Waals surface area contributed by atoms with Gasteiger partial charge in [0.1, 0.15) is 0 Å². The zero-order chi connectivity index (χ0) is 0. The molecule has 0 saturated heterocycles. The Morgan fingerprint density at radius 1 is 0.0333 bits per heavy atom. The molecule has 0 aliphatic rings. The molecule has 0 spiro atoms. The van der Waals surface area contributed by atoms with Gasteiger partial charge in [0.15, 0.2) is 0 Å². The molecule has 60 heteroatoms. The Morgan fingerprint density at radius 3 is 0.0333 bits per heavy atom. The largest absolute Gasteiger partial charge is 2.00 e. The van der Waals surface area contributed by atoms with Crippen LogP contribution in [0, 0.1) is 0 Å². The topological polar surface area (TPSA) is 1280 Å². The standard InChI is InChI=1S/45O.15Zn/q45*-2;15*+2. The van der Waals surface area contributed by atoms with Crippen LogP contribution in [0.1, 0.15) is 0 Å². The van der Waals surface area contributed by atoms with Crippen molar-refractivity contribution in [1.29, 1.82) is 0 Å². The van der Waals surface area contributed by atoms with Gasteiger partial charge in [-0.15, -0.1) is 0 Å². The third kappa shape index (κ3) is 4790. The second-order valence-electron chi connectivity index (χ2n) is 0. The summed E-state index contributed by atoms with van der Waals surface area (Å²) in [6.45, 7) is 0. The Bertz CT molecular complexity index is 48.7. The van der Waals surface area contributed by atoms with Gasteiger partial charge in [0.25, 0.3) is 0 Å². The van der Waals surface area contributed by atoms with E-state index in [2.05, 4.69) is 0 Å². The molecule has 0 heterocycles. The molecule has 0 fully saturated rings. The van der Waals surface area contributed by atoms with Crippen molar-refractivity contribution in [1.82, 2.24) is 0 Å². The van der Waals surface area contributed by atoms with Crippen LogP contribution in [0.2, 0.25) is 0 Å². The number of hydrogen-bond acceptors (Lipinski definition) is 0. The van der Waals surface area contributed by atoms with Crippen molar-refractivity contribution in [3.63, 3.8) is 0 Å². The van der Waals surface area contributed by atoms with Crippen LogP contribution in [0.15, 0.2) is 0 Å². The summed E-state index contributed by atoms with van der Waals surface area (Å²) in [6, 6.07) is 0. The van der Waals surface area contributed by atoms with E-state index in [1.54, 1.807) is 0 Å². The molecular formula is O45Zn15-60. The summed E-state index contributed by atoms with van der Waals surface area (Å²) in [5, 5.41) is 0. The van der Waals surface area contributed by atoms with E-state index in [0.717, 1.165) is 0 Å².